The van der Waals surface area contributed by atoms with Crippen molar-refractivity contribution in [1.82, 2.24) is 14.3 Å². The summed E-state index contributed by atoms with van der Waals surface area (Å²) in [5, 5.41) is 14.7. The standard InChI is InChI=1S/C25H28ClN3O4/c1-5-6-11-33-19-10-8-7-9-15(19)22-21(26)23-17-12-18(30)16(24(31)32)13-28(17)20(25(2,3)4)14-29(23)27-22/h7-10,12-13,20H,5-6,11,14H2,1-4H3,(H,31,32)/t20-/m0/s1. The predicted molar refractivity (Wildman–Crippen MR) is 128 cm³/mol. The van der Waals surface area contributed by atoms with Gasteiger partial charge in [-0.1, -0.05) is 57.8 Å². The van der Waals surface area contributed by atoms with Crippen LogP contribution in [0.3, 0.4) is 0 Å². The first-order valence-corrected chi connectivity index (χ1v) is 11.5. The fourth-order valence-corrected chi connectivity index (χ4v) is 4.54. The van der Waals surface area contributed by atoms with Gasteiger partial charge in [-0.2, -0.15) is 5.10 Å². The van der Waals surface area contributed by atoms with Crippen LogP contribution in [0.15, 0.2) is 41.3 Å². The average molecular weight is 470 g/mol. The Bertz CT molecular complexity index is 1270. The second kappa shape index (κ2) is 8.71. The van der Waals surface area contributed by atoms with E-state index in [2.05, 4.69) is 27.7 Å². The molecule has 1 aliphatic heterocycles. The molecule has 2 aromatic heterocycles. The minimum Gasteiger partial charge on any atom is -0.493 e. The van der Waals surface area contributed by atoms with Gasteiger partial charge in [-0.3, -0.25) is 9.48 Å². The molecule has 0 fully saturated rings. The molecule has 33 heavy (non-hydrogen) atoms. The SMILES string of the molecule is CCCCOc1ccccc1-c1nn2c(c1Cl)-c1cc(=O)c(C(=O)O)cn1[C@H](C(C)(C)C)C2. The van der Waals surface area contributed by atoms with Gasteiger partial charge in [-0.25, -0.2) is 4.79 Å². The smallest absolute Gasteiger partial charge is 0.341 e. The number of aromatic carboxylic acids is 1. The number of pyridine rings is 1. The van der Waals surface area contributed by atoms with E-state index >= 15 is 0 Å². The maximum absolute atomic E-state index is 12.6. The maximum Gasteiger partial charge on any atom is 0.341 e. The van der Waals surface area contributed by atoms with E-state index in [9.17, 15) is 14.7 Å². The van der Waals surface area contributed by atoms with Crippen LogP contribution in [0.1, 0.15) is 56.9 Å². The summed E-state index contributed by atoms with van der Waals surface area (Å²) < 4.78 is 9.68. The third-order valence-corrected chi connectivity index (χ3v) is 6.38. The highest BCUT2D eigenvalue weighted by atomic mass is 35.5. The van der Waals surface area contributed by atoms with Gasteiger partial charge in [0, 0.05) is 17.8 Å². The van der Waals surface area contributed by atoms with Gasteiger partial charge < -0.3 is 14.4 Å². The van der Waals surface area contributed by atoms with Crippen LogP contribution >= 0.6 is 11.6 Å². The molecule has 0 aliphatic carbocycles. The van der Waals surface area contributed by atoms with Crippen LogP contribution in [0, 0.1) is 5.41 Å². The molecule has 0 amide bonds. The van der Waals surface area contributed by atoms with Crippen molar-refractivity contribution < 1.29 is 14.6 Å². The van der Waals surface area contributed by atoms with Gasteiger partial charge in [0.25, 0.3) is 0 Å². The van der Waals surface area contributed by atoms with E-state index in [4.69, 9.17) is 21.4 Å². The highest BCUT2D eigenvalue weighted by Gasteiger charge is 2.36. The second-order valence-corrected chi connectivity index (χ2v) is 9.80. The van der Waals surface area contributed by atoms with Gasteiger partial charge in [-0.15, -0.1) is 0 Å². The molecule has 3 aromatic rings. The Morgan fingerprint density at radius 3 is 2.70 bits per heavy atom. The van der Waals surface area contributed by atoms with Gasteiger partial charge in [0.15, 0.2) is 5.43 Å². The zero-order valence-electron chi connectivity index (χ0n) is 19.3. The van der Waals surface area contributed by atoms with Crippen molar-refractivity contribution in [3.05, 3.63) is 57.3 Å². The Labute approximate surface area is 197 Å². The zero-order chi connectivity index (χ0) is 23.9. The summed E-state index contributed by atoms with van der Waals surface area (Å²) in [5.41, 5.74) is 1.48. The van der Waals surface area contributed by atoms with Gasteiger partial charge in [0.2, 0.25) is 0 Å². The fourth-order valence-electron chi connectivity index (χ4n) is 4.20. The summed E-state index contributed by atoms with van der Waals surface area (Å²) in [5.74, 6) is -0.540. The molecule has 1 atom stereocenters. The largest absolute Gasteiger partial charge is 0.493 e. The van der Waals surface area contributed by atoms with E-state index in [0.717, 1.165) is 18.4 Å². The van der Waals surface area contributed by atoms with Crippen molar-refractivity contribution in [2.75, 3.05) is 6.61 Å². The van der Waals surface area contributed by atoms with Crippen LogP contribution in [0.2, 0.25) is 5.02 Å². The Morgan fingerprint density at radius 1 is 1.30 bits per heavy atom. The second-order valence-electron chi connectivity index (χ2n) is 9.42. The lowest BCUT2D eigenvalue weighted by molar-refractivity contribution is 0.0693. The van der Waals surface area contributed by atoms with Gasteiger partial charge in [0.05, 0.1) is 29.9 Å². The van der Waals surface area contributed by atoms with Gasteiger partial charge in [-0.05, 0) is 24.0 Å². The number of carboxylic acids is 1. The lowest BCUT2D eigenvalue weighted by Gasteiger charge is -2.38. The van der Waals surface area contributed by atoms with E-state index in [1.165, 1.54) is 12.3 Å². The molecule has 0 radical (unpaired) electrons. The zero-order valence-corrected chi connectivity index (χ0v) is 20.0. The van der Waals surface area contributed by atoms with Gasteiger partial charge >= 0.3 is 5.97 Å². The Morgan fingerprint density at radius 2 is 2.03 bits per heavy atom. The summed E-state index contributed by atoms with van der Waals surface area (Å²) in [6, 6.07) is 8.87. The van der Waals surface area contributed by atoms with E-state index in [1.807, 2.05) is 33.5 Å². The minimum absolute atomic E-state index is 0.126. The topological polar surface area (TPSA) is 86.3 Å². The molecule has 0 unspecified atom stereocenters. The van der Waals surface area contributed by atoms with Gasteiger partial charge in [0.1, 0.15) is 22.7 Å². The van der Waals surface area contributed by atoms with Crippen LogP contribution < -0.4 is 10.2 Å². The van der Waals surface area contributed by atoms with Crippen LogP contribution in [0.4, 0.5) is 0 Å². The number of ether oxygens (including phenoxy) is 1. The number of carbonyl (C=O) groups is 1. The highest BCUT2D eigenvalue weighted by Crippen LogP contribution is 2.45. The number of aromatic nitrogens is 3. The molecule has 0 spiro atoms. The molecule has 0 saturated carbocycles. The molecule has 8 heteroatoms. The van der Waals surface area contributed by atoms with E-state index < -0.39 is 11.4 Å². The number of para-hydroxylation sites is 1. The molecule has 174 valence electrons. The van der Waals surface area contributed by atoms with E-state index in [1.54, 1.807) is 0 Å². The number of fused-ring (bicyclic) bond motifs is 3. The first-order chi connectivity index (χ1) is 15.6. The molecule has 1 aliphatic rings. The number of hydrogen-bond donors (Lipinski definition) is 1. The molecule has 7 nitrogen and oxygen atoms in total. The summed E-state index contributed by atoms with van der Waals surface area (Å²) in [4.78, 5) is 24.2. The van der Waals surface area contributed by atoms with Crippen LogP contribution in [-0.4, -0.2) is 32.0 Å². The Hall–Kier alpha value is -3.06. The number of halogens is 1. The number of carboxylic acid groups (broad SMARTS) is 1. The molecule has 0 bridgehead atoms. The number of unbranched alkanes of at least 4 members (excludes halogenated alkanes) is 1. The monoisotopic (exact) mass is 469 g/mol. The quantitative estimate of drug-likeness (QED) is 0.481. The van der Waals surface area contributed by atoms with E-state index in [0.29, 0.717) is 41.0 Å². The average Bonchev–Trinajstić information content (AvgIpc) is 3.09. The molecule has 3 heterocycles. The third kappa shape index (κ3) is 4.17. The number of nitrogens with zero attached hydrogens (tertiary/aromatic N) is 3. The van der Waals surface area contributed by atoms with Crippen molar-refractivity contribution in [3.8, 4) is 28.4 Å². The van der Waals surface area contributed by atoms with Crippen molar-refractivity contribution in [1.29, 1.82) is 0 Å². The minimum atomic E-state index is -1.24. The maximum atomic E-state index is 12.6. The molecule has 1 N–H and O–H groups in total. The fraction of sp³-hybridized carbons (Fsp3) is 0.400. The van der Waals surface area contributed by atoms with Crippen LogP contribution in [0.25, 0.3) is 22.6 Å². The van der Waals surface area contributed by atoms with Crippen molar-refractivity contribution in [2.24, 2.45) is 5.41 Å². The first-order valence-electron chi connectivity index (χ1n) is 11.1. The normalized spacial score (nSPS) is 15.1. The summed E-state index contributed by atoms with van der Waals surface area (Å²) in [6.45, 7) is 9.43. The highest BCUT2D eigenvalue weighted by molar-refractivity contribution is 6.35. The Balaban J connectivity index is 1.91. The van der Waals surface area contributed by atoms with Crippen molar-refractivity contribution >= 4 is 17.6 Å². The molecular weight excluding hydrogens is 442 g/mol. The number of rotatable bonds is 6. The predicted octanol–water partition coefficient (Wildman–Crippen LogP) is 5.51. The number of benzene rings is 1. The summed E-state index contributed by atoms with van der Waals surface area (Å²) in [6.07, 6.45) is 3.40. The molecule has 1 aromatic carbocycles. The Kier molecular flexibility index (Phi) is 6.10. The van der Waals surface area contributed by atoms with Crippen molar-refractivity contribution in [2.45, 2.75) is 53.1 Å². The molecule has 0 saturated heterocycles. The summed E-state index contributed by atoms with van der Waals surface area (Å²) >= 11 is 6.88. The lowest BCUT2D eigenvalue weighted by atomic mass is 9.85. The van der Waals surface area contributed by atoms with Crippen LogP contribution in [0.5, 0.6) is 5.75 Å². The third-order valence-electron chi connectivity index (χ3n) is 6.03. The van der Waals surface area contributed by atoms with Crippen molar-refractivity contribution in [3.63, 3.8) is 0 Å². The summed E-state index contributed by atoms with van der Waals surface area (Å²) in [7, 11) is 0. The van der Waals surface area contributed by atoms with Crippen LogP contribution in [-0.2, 0) is 6.54 Å². The van der Waals surface area contributed by atoms with E-state index in [-0.39, 0.29) is 17.0 Å². The molecule has 4 rings (SSSR count). The molecular formula is C25H28ClN3O4. The number of hydrogen-bond acceptors (Lipinski definition) is 4. The first kappa shape index (κ1) is 23.1. The lowest BCUT2D eigenvalue weighted by Crippen LogP contribution is -2.35.